The molecule has 108 valence electrons. The molecule has 1 amide bonds. The quantitative estimate of drug-likeness (QED) is 0.291. The Morgan fingerprint density at radius 2 is 2.00 bits per heavy atom. The van der Waals surface area contributed by atoms with Crippen LogP contribution in [0, 0.1) is 0 Å². The number of nitrogens with one attached hydrogen (secondary N) is 1. The lowest BCUT2D eigenvalue weighted by Gasteiger charge is -2.36. The highest BCUT2D eigenvalue weighted by atomic mass is 16.4. The molecule has 0 atom stereocenters. The van der Waals surface area contributed by atoms with E-state index in [4.69, 9.17) is 10.9 Å². The van der Waals surface area contributed by atoms with Crippen LogP contribution in [0.2, 0.25) is 0 Å². The number of rotatable bonds is 3. The highest BCUT2D eigenvalue weighted by Crippen LogP contribution is 2.29. The van der Waals surface area contributed by atoms with E-state index in [2.05, 4.69) is 10.5 Å². The van der Waals surface area contributed by atoms with Crippen LogP contribution in [-0.4, -0.2) is 27.6 Å². The normalized spacial score (nSPS) is 18.5. The lowest BCUT2D eigenvalue weighted by molar-refractivity contribution is 0.0905. The van der Waals surface area contributed by atoms with Crippen molar-refractivity contribution in [2.24, 2.45) is 10.9 Å². The summed E-state index contributed by atoms with van der Waals surface area (Å²) < 4.78 is 0. The summed E-state index contributed by atoms with van der Waals surface area (Å²) in [6, 6.07) is 6.09. The van der Waals surface area contributed by atoms with Gasteiger partial charge in [-0.2, -0.15) is 0 Å². The van der Waals surface area contributed by atoms with E-state index in [1.165, 1.54) is 12.1 Å². The summed E-state index contributed by atoms with van der Waals surface area (Å²) >= 11 is 0. The molecule has 0 unspecified atom stereocenters. The van der Waals surface area contributed by atoms with Crippen molar-refractivity contribution in [1.29, 1.82) is 0 Å². The number of nitrogens with zero attached hydrogens (tertiary/aromatic N) is 1. The van der Waals surface area contributed by atoms with Gasteiger partial charge in [0.15, 0.2) is 5.84 Å². The van der Waals surface area contributed by atoms with Gasteiger partial charge in [0.25, 0.3) is 5.91 Å². The minimum absolute atomic E-state index is 0.0270. The summed E-state index contributed by atoms with van der Waals surface area (Å²) in [6.45, 7) is 0. The molecule has 1 saturated carbocycles. The maximum Gasteiger partial charge on any atom is 0.252 e. The molecule has 1 aromatic rings. The first-order chi connectivity index (χ1) is 9.57. The monoisotopic (exact) mass is 277 g/mol. The second-order valence-corrected chi connectivity index (χ2v) is 5.13. The third-order valence-corrected chi connectivity index (χ3v) is 3.77. The fraction of sp³-hybridized carbons (Fsp3) is 0.429. The average Bonchev–Trinajstić information content (AvgIpc) is 2.47. The van der Waals surface area contributed by atoms with Crippen molar-refractivity contribution in [2.45, 2.75) is 37.6 Å². The number of phenolic OH excluding ortho intramolecular Hbond substituents is 1. The van der Waals surface area contributed by atoms with Crippen LogP contribution in [0.5, 0.6) is 5.75 Å². The predicted molar refractivity (Wildman–Crippen MR) is 74.8 cm³/mol. The van der Waals surface area contributed by atoms with Gasteiger partial charge in [-0.1, -0.05) is 30.5 Å². The Labute approximate surface area is 117 Å². The molecule has 0 aromatic heterocycles. The van der Waals surface area contributed by atoms with E-state index < -0.39 is 5.54 Å². The summed E-state index contributed by atoms with van der Waals surface area (Å²) in [5.74, 6) is -0.278. The first kappa shape index (κ1) is 14.2. The van der Waals surface area contributed by atoms with Crippen LogP contribution in [-0.2, 0) is 0 Å². The second-order valence-electron chi connectivity index (χ2n) is 5.13. The van der Waals surface area contributed by atoms with Crippen LogP contribution in [0.3, 0.4) is 0 Å². The third-order valence-electron chi connectivity index (χ3n) is 3.77. The van der Waals surface area contributed by atoms with Gasteiger partial charge in [-0.3, -0.25) is 4.79 Å². The molecular formula is C14H19N3O3. The summed E-state index contributed by atoms with van der Waals surface area (Å²) in [5, 5.41) is 24.3. The molecule has 1 fully saturated rings. The number of nitrogens with two attached hydrogens (primary N) is 1. The number of oxime groups is 1. The van der Waals surface area contributed by atoms with Crippen molar-refractivity contribution in [3.63, 3.8) is 0 Å². The van der Waals surface area contributed by atoms with E-state index in [1.54, 1.807) is 12.1 Å². The van der Waals surface area contributed by atoms with E-state index in [9.17, 15) is 9.90 Å². The number of carbonyl (C=O) groups excluding carboxylic acids is 1. The second kappa shape index (κ2) is 5.81. The van der Waals surface area contributed by atoms with Crippen LogP contribution in [0.15, 0.2) is 29.4 Å². The lowest BCUT2D eigenvalue weighted by atomic mass is 9.80. The Morgan fingerprint density at radius 1 is 1.30 bits per heavy atom. The maximum atomic E-state index is 12.3. The van der Waals surface area contributed by atoms with Crippen molar-refractivity contribution >= 4 is 11.7 Å². The number of aromatic hydroxyl groups is 1. The molecule has 6 nitrogen and oxygen atoms in total. The van der Waals surface area contributed by atoms with Crippen LogP contribution in [0.25, 0.3) is 0 Å². The van der Waals surface area contributed by atoms with E-state index in [0.29, 0.717) is 18.4 Å². The lowest BCUT2D eigenvalue weighted by Crippen LogP contribution is -2.58. The highest BCUT2D eigenvalue weighted by Gasteiger charge is 2.38. The van der Waals surface area contributed by atoms with Gasteiger partial charge in [0.05, 0.1) is 0 Å². The Balaban J connectivity index is 2.22. The number of benzene rings is 1. The summed E-state index contributed by atoms with van der Waals surface area (Å²) in [5.41, 5.74) is 5.33. The molecule has 1 aromatic carbocycles. The molecule has 0 radical (unpaired) electrons. The number of amides is 1. The van der Waals surface area contributed by atoms with Crippen molar-refractivity contribution < 1.29 is 15.1 Å². The number of hydrogen-bond donors (Lipinski definition) is 4. The van der Waals surface area contributed by atoms with Gasteiger partial charge in [-0.05, 0) is 31.0 Å². The summed E-state index contributed by atoms with van der Waals surface area (Å²) in [7, 11) is 0. The predicted octanol–water partition coefficient (Wildman–Crippen LogP) is 1.57. The Hall–Kier alpha value is -2.24. The molecular weight excluding hydrogens is 258 g/mol. The number of phenols is 1. The van der Waals surface area contributed by atoms with Crippen molar-refractivity contribution in [3.8, 4) is 5.75 Å². The molecule has 6 heteroatoms. The zero-order valence-corrected chi connectivity index (χ0v) is 11.2. The van der Waals surface area contributed by atoms with Crippen LogP contribution >= 0.6 is 0 Å². The van der Waals surface area contributed by atoms with E-state index >= 15 is 0 Å². The molecule has 1 aliphatic rings. The zero-order chi connectivity index (χ0) is 14.6. The SMILES string of the molecule is N/C(=N/O)C1(NC(=O)c2cccc(O)c2)CCCCC1. The molecule has 2 rings (SSSR count). The van der Waals surface area contributed by atoms with E-state index in [1.807, 2.05) is 0 Å². The van der Waals surface area contributed by atoms with Gasteiger partial charge >= 0.3 is 0 Å². The number of amidine groups is 1. The van der Waals surface area contributed by atoms with Crippen LogP contribution in [0.1, 0.15) is 42.5 Å². The number of hydrogen-bond acceptors (Lipinski definition) is 4. The fourth-order valence-corrected chi connectivity index (χ4v) is 2.63. The zero-order valence-electron chi connectivity index (χ0n) is 11.2. The topological polar surface area (TPSA) is 108 Å². The van der Waals surface area contributed by atoms with Crippen molar-refractivity contribution in [1.82, 2.24) is 5.32 Å². The van der Waals surface area contributed by atoms with Crippen LogP contribution in [0.4, 0.5) is 0 Å². The average molecular weight is 277 g/mol. The first-order valence-electron chi connectivity index (χ1n) is 6.67. The smallest absolute Gasteiger partial charge is 0.252 e. The van der Waals surface area contributed by atoms with Gasteiger partial charge in [0.1, 0.15) is 11.3 Å². The molecule has 0 aliphatic heterocycles. The number of carbonyl (C=O) groups is 1. The molecule has 0 spiro atoms. The standard InChI is InChI=1S/C14H19N3O3/c15-13(17-20)14(7-2-1-3-8-14)16-12(19)10-5-4-6-11(18)9-10/h4-6,9,18,20H,1-3,7-8H2,(H2,15,17)(H,16,19). The molecule has 0 bridgehead atoms. The van der Waals surface area contributed by atoms with Gasteiger partial charge in [-0.25, -0.2) is 0 Å². The van der Waals surface area contributed by atoms with Crippen molar-refractivity contribution in [3.05, 3.63) is 29.8 Å². The minimum Gasteiger partial charge on any atom is -0.508 e. The van der Waals surface area contributed by atoms with Gasteiger partial charge < -0.3 is 21.4 Å². The van der Waals surface area contributed by atoms with E-state index in [-0.39, 0.29) is 17.5 Å². The Kier molecular flexibility index (Phi) is 4.12. The molecule has 0 heterocycles. The van der Waals surface area contributed by atoms with Crippen LogP contribution < -0.4 is 11.1 Å². The maximum absolute atomic E-state index is 12.3. The van der Waals surface area contributed by atoms with Crippen molar-refractivity contribution in [2.75, 3.05) is 0 Å². The summed E-state index contributed by atoms with van der Waals surface area (Å²) in [4.78, 5) is 12.3. The third kappa shape index (κ3) is 2.84. The first-order valence-corrected chi connectivity index (χ1v) is 6.67. The minimum atomic E-state index is -0.796. The van der Waals surface area contributed by atoms with Gasteiger partial charge in [0, 0.05) is 5.56 Å². The van der Waals surface area contributed by atoms with Gasteiger partial charge in [-0.15, -0.1) is 0 Å². The largest absolute Gasteiger partial charge is 0.508 e. The highest BCUT2D eigenvalue weighted by molar-refractivity contribution is 6.00. The van der Waals surface area contributed by atoms with E-state index in [0.717, 1.165) is 19.3 Å². The molecule has 0 saturated heterocycles. The molecule has 5 N–H and O–H groups in total. The molecule has 20 heavy (non-hydrogen) atoms. The fourth-order valence-electron chi connectivity index (χ4n) is 2.63. The Morgan fingerprint density at radius 3 is 2.60 bits per heavy atom. The Bertz CT molecular complexity index is 522. The molecule has 1 aliphatic carbocycles. The summed E-state index contributed by atoms with van der Waals surface area (Å²) in [6.07, 6.45) is 4.19. The van der Waals surface area contributed by atoms with Gasteiger partial charge in [0.2, 0.25) is 0 Å².